The minimum Gasteiger partial charge on any atom is -0.492 e. The number of hydrogen-bond donors (Lipinski definition) is 1. The lowest BCUT2D eigenvalue weighted by molar-refractivity contribution is -0.148. The quantitative estimate of drug-likeness (QED) is 0.415. The Morgan fingerprint density at radius 3 is 2.28 bits per heavy atom. The summed E-state index contributed by atoms with van der Waals surface area (Å²) in [7, 11) is 3.60. The van der Waals surface area contributed by atoms with E-state index >= 15 is 0 Å². The molecular formula is C31H37NO4. The van der Waals surface area contributed by atoms with Gasteiger partial charge in [-0.2, -0.15) is 0 Å². The summed E-state index contributed by atoms with van der Waals surface area (Å²) in [6, 6.07) is 21.7. The zero-order chi connectivity index (χ0) is 25.7. The highest BCUT2D eigenvalue weighted by Crippen LogP contribution is 2.37. The van der Waals surface area contributed by atoms with Gasteiger partial charge in [0, 0.05) is 20.1 Å². The lowest BCUT2D eigenvalue weighted by Gasteiger charge is -2.30. The summed E-state index contributed by atoms with van der Waals surface area (Å²) in [5.74, 6) is -0.176. The maximum Gasteiger partial charge on any atom is 0.333 e. The van der Waals surface area contributed by atoms with E-state index in [1.807, 2.05) is 24.3 Å². The van der Waals surface area contributed by atoms with Crippen LogP contribution in [-0.2, 0) is 35.2 Å². The molecule has 3 aromatic carbocycles. The van der Waals surface area contributed by atoms with Crippen LogP contribution in [0.2, 0.25) is 0 Å². The predicted octanol–water partition coefficient (Wildman–Crippen LogP) is 5.40. The van der Waals surface area contributed by atoms with E-state index in [9.17, 15) is 9.90 Å². The minimum absolute atomic E-state index is 0.192. The van der Waals surface area contributed by atoms with Crippen molar-refractivity contribution in [2.24, 2.45) is 0 Å². The van der Waals surface area contributed by atoms with Crippen LogP contribution in [0.15, 0.2) is 60.7 Å². The van der Waals surface area contributed by atoms with Gasteiger partial charge in [0.25, 0.3) is 0 Å². The fourth-order valence-electron chi connectivity index (χ4n) is 5.14. The summed E-state index contributed by atoms with van der Waals surface area (Å²) in [5, 5.41) is 9.19. The summed E-state index contributed by atoms with van der Waals surface area (Å²) in [4.78, 5) is 13.6. The van der Waals surface area contributed by atoms with Gasteiger partial charge in [-0.05, 0) is 78.7 Å². The van der Waals surface area contributed by atoms with Crippen LogP contribution in [0.3, 0.4) is 0 Å². The fraction of sp³-hybridized carbons (Fsp3) is 0.387. The van der Waals surface area contributed by atoms with Crippen LogP contribution in [0, 0.1) is 6.92 Å². The van der Waals surface area contributed by atoms with Gasteiger partial charge in [-0.15, -0.1) is 0 Å². The molecule has 1 N–H and O–H groups in total. The number of carbonyl (C=O) groups is 1. The molecule has 0 aliphatic heterocycles. The van der Waals surface area contributed by atoms with Crippen LogP contribution in [0.25, 0.3) is 0 Å². The van der Waals surface area contributed by atoms with E-state index in [-0.39, 0.29) is 6.04 Å². The van der Waals surface area contributed by atoms with E-state index in [1.54, 1.807) is 0 Å². The molecule has 5 heteroatoms. The summed E-state index contributed by atoms with van der Waals surface area (Å²) < 4.78 is 11.1. The molecule has 0 amide bonds. The molecule has 190 valence electrons. The van der Waals surface area contributed by atoms with Crippen molar-refractivity contribution in [1.29, 1.82) is 0 Å². The van der Waals surface area contributed by atoms with Crippen molar-refractivity contribution < 1.29 is 19.4 Å². The van der Waals surface area contributed by atoms with Gasteiger partial charge in [-0.1, -0.05) is 61.0 Å². The Kier molecular flexibility index (Phi) is 8.44. The van der Waals surface area contributed by atoms with Crippen LogP contribution in [0.1, 0.15) is 51.9 Å². The lowest BCUT2D eigenvalue weighted by Crippen LogP contribution is -2.30. The normalized spacial score (nSPS) is 15.6. The number of benzene rings is 3. The number of aliphatic carboxylic acids is 1. The van der Waals surface area contributed by atoms with Crippen molar-refractivity contribution in [3.05, 3.63) is 99.6 Å². The fourth-order valence-corrected chi connectivity index (χ4v) is 5.14. The molecule has 2 atom stereocenters. The summed E-state index contributed by atoms with van der Waals surface area (Å²) in [5.41, 5.74) is 9.28. The van der Waals surface area contributed by atoms with Crippen LogP contribution in [0.4, 0.5) is 0 Å². The average molecular weight is 488 g/mol. The van der Waals surface area contributed by atoms with Gasteiger partial charge in [0.1, 0.15) is 12.4 Å². The number of rotatable bonds is 10. The highest BCUT2D eigenvalue weighted by Gasteiger charge is 2.27. The highest BCUT2D eigenvalue weighted by atomic mass is 16.5. The molecule has 0 saturated carbocycles. The number of carboxylic acid groups (broad SMARTS) is 1. The molecule has 0 bridgehead atoms. The van der Waals surface area contributed by atoms with E-state index in [0.29, 0.717) is 13.0 Å². The van der Waals surface area contributed by atoms with E-state index in [4.69, 9.17) is 9.47 Å². The Hall–Kier alpha value is -3.15. The van der Waals surface area contributed by atoms with Crippen LogP contribution >= 0.6 is 0 Å². The second kappa shape index (κ2) is 11.7. The van der Waals surface area contributed by atoms with Gasteiger partial charge in [-0.3, -0.25) is 4.90 Å². The number of likely N-dealkylation sites (N-methyl/N-ethyl adjacent to an activating group) is 1. The van der Waals surface area contributed by atoms with Gasteiger partial charge in [0.15, 0.2) is 6.10 Å². The number of fused-ring (bicyclic) bond motifs is 2. The Morgan fingerprint density at radius 1 is 1.00 bits per heavy atom. The Labute approximate surface area is 214 Å². The molecule has 1 aliphatic carbocycles. The molecule has 0 fully saturated rings. The van der Waals surface area contributed by atoms with Crippen molar-refractivity contribution in [2.45, 2.75) is 51.7 Å². The molecule has 1 aliphatic rings. The molecule has 3 aromatic rings. The van der Waals surface area contributed by atoms with E-state index in [2.05, 4.69) is 62.2 Å². The second-order valence-electron chi connectivity index (χ2n) is 9.73. The number of nitrogens with zero attached hydrogens (tertiary/aromatic N) is 1. The van der Waals surface area contributed by atoms with Gasteiger partial charge >= 0.3 is 5.97 Å². The second-order valence-corrected chi connectivity index (χ2v) is 9.73. The monoisotopic (exact) mass is 487 g/mol. The molecular weight excluding hydrogens is 450 g/mol. The highest BCUT2D eigenvalue weighted by molar-refractivity contribution is 5.72. The number of hydrogen-bond acceptors (Lipinski definition) is 4. The van der Waals surface area contributed by atoms with Crippen LogP contribution in [-0.4, -0.2) is 49.4 Å². The third kappa shape index (κ3) is 5.97. The first kappa shape index (κ1) is 25.9. The van der Waals surface area contributed by atoms with Gasteiger partial charge in [0.2, 0.25) is 0 Å². The predicted molar refractivity (Wildman–Crippen MR) is 143 cm³/mol. The number of ether oxygens (including phenoxy) is 2. The number of methoxy groups -OCH3 is 1. The molecule has 2 unspecified atom stereocenters. The standard InChI is InChI=1S/C31H37NO4/c1-5-22-9-15-28-25(19-22)11-10-24-18-21(2)6-14-27(24)30(28)32(3)16-17-36-26-12-7-23(8-13-26)20-29(35-4)31(33)34/h6-9,12-15,18-19,29-30H,5,10-11,16-17,20H2,1-4H3,(H,33,34). The maximum atomic E-state index is 11.2. The average Bonchev–Trinajstić information content (AvgIpc) is 3.03. The molecule has 0 saturated heterocycles. The minimum atomic E-state index is -0.955. The smallest absolute Gasteiger partial charge is 0.333 e. The van der Waals surface area contributed by atoms with Gasteiger partial charge in [-0.25, -0.2) is 4.79 Å². The molecule has 36 heavy (non-hydrogen) atoms. The van der Waals surface area contributed by atoms with Gasteiger partial charge < -0.3 is 14.6 Å². The first-order chi connectivity index (χ1) is 17.4. The SMILES string of the molecule is CCc1ccc2c(c1)CCc1cc(C)ccc1C2N(C)CCOc1ccc(CC(OC)C(=O)O)cc1. The molecule has 0 aromatic heterocycles. The summed E-state index contributed by atoms with van der Waals surface area (Å²) in [6.45, 7) is 5.72. The van der Waals surface area contributed by atoms with Crippen LogP contribution < -0.4 is 4.74 Å². The third-order valence-corrected chi connectivity index (χ3v) is 7.22. The summed E-state index contributed by atoms with van der Waals surface area (Å²) in [6.07, 6.45) is 2.67. The molecule has 0 radical (unpaired) electrons. The third-order valence-electron chi connectivity index (χ3n) is 7.22. The van der Waals surface area contributed by atoms with Crippen LogP contribution in [0.5, 0.6) is 5.75 Å². The lowest BCUT2D eigenvalue weighted by atomic mass is 9.91. The topological polar surface area (TPSA) is 59.0 Å². The zero-order valence-corrected chi connectivity index (χ0v) is 21.8. The van der Waals surface area contributed by atoms with Crippen molar-refractivity contribution in [2.75, 3.05) is 27.3 Å². The Bertz CT molecular complexity index is 1190. The number of carboxylic acids is 1. The molecule has 0 heterocycles. The van der Waals surface area contributed by atoms with Crippen molar-refractivity contribution in [3.8, 4) is 5.75 Å². The summed E-state index contributed by atoms with van der Waals surface area (Å²) >= 11 is 0. The van der Waals surface area contributed by atoms with E-state index in [0.717, 1.165) is 37.1 Å². The molecule has 5 nitrogen and oxygen atoms in total. The van der Waals surface area contributed by atoms with E-state index in [1.165, 1.54) is 40.5 Å². The first-order valence-corrected chi connectivity index (χ1v) is 12.8. The van der Waals surface area contributed by atoms with Crippen molar-refractivity contribution >= 4 is 5.97 Å². The van der Waals surface area contributed by atoms with Crippen molar-refractivity contribution in [1.82, 2.24) is 4.90 Å². The zero-order valence-electron chi connectivity index (χ0n) is 21.8. The van der Waals surface area contributed by atoms with Crippen molar-refractivity contribution in [3.63, 3.8) is 0 Å². The maximum absolute atomic E-state index is 11.2. The Morgan fingerprint density at radius 2 is 1.64 bits per heavy atom. The van der Waals surface area contributed by atoms with E-state index < -0.39 is 12.1 Å². The largest absolute Gasteiger partial charge is 0.492 e. The van der Waals surface area contributed by atoms with Gasteiger partial charge in [0.05, 0.1) is 6.04 Å². The Balaban J connectivity index is 1.46. The molecule has 0 spiro atoms. The number of aryl methyl sites for hydroxylation is 4. The molecule has 4 rings (SSSR count). The first-order valence-electron chi connectivity index (χ1n) is 12.8.